The number of rotatable bonds is 8. The molecule has 33 heavy (non-hydrogen) atoms. The molecule has 0 saturated carbocycles. The van der Waals surface area contributed by atoms with Gasteiger partial charge in [-0.3, -0.25) is 9.10 Å². The lowest BCUT2D eigenvalue weighted by Gasteiger charge is -2.25. The third-order valence-corrected chi connectivity index (χ3v) is 6.52. The van der Waals surface area contributed by atoms with Gasteiger partial charge in [0.25, 0.3) is 10.0 Å². The van der Waals surface area contributed by atoms with Crippen LogP contribution in [0, 0.1) is 5.82 Å². The predicted molar refractivity (Wildman–Crippen MR) is 116 cm³/mol. The van der Waals surface area contributed by atoms with Gasteiger partial charge in [0, 0.05) is 6.54 Å². The Morgan fingerprint density at radius 3 is 2.21 bits per heavy atom. The lowest BCUT2D eigenvalue weighted by atomic mass is 10.1. The van der Waals surface area contributed by atoms with Crippen molar-refractivity contribution >= 4 is 21.6 Å². The largest absolute Gasteiger partial charge is 0.416 e. The molecule has 0 aromatic heterocycles. The molecule has 0 fully saturated rings. The van der Waals surface area contributed by atoms with Crippen molar-refractivity contribution < 1.29 is 30.8 Å². The number of carbonyl (C=O) groups is 1. The number of nitrogens with one attached hydrogen (secondary N) is 1. The maximum Gasteiger partial charge on any atom is 0.416 e. The van der Waals surface area contributed by atoms with Crippen molar-refractivity contribution in [1.82, 2.24) is 5.32 Å². The first-order valence-electron chi connectivity index (χ1n) is 9.83. The molecule has 10 heteroatoms. The van der Waals surface area contributed by atoms with Gasteiger partial charge in [0.2, 0.25) is 5.91 Å². The summed E-state index contributed by atoms with van der Waals surface area (Å²) < 4.78 is 79.6. The monoisotopic (exact) mass is 480 g/mol. The summed E-state index contributed by atoms with van der Waals surface area (Å²) in [5.74, 6) is -1.10. The summed E-state index contributed by atoms with van der Waals surface area (Å²) in [7, 11) is -4.33. The van der Waals surface area contributed by atoms with Gasteiger partial charge in [-0.1, -0.05) is 36.4 Å². The zero-order valence-corrected chi connectivity index (χ0v) is 18.0. The number of anilines is 1. The van der Waals surface area contributed by atoms with Gasteiger partial charge in [-0.15, -0.1) is 0 Å². The number of hydrogen-bond donors (Lipinski definition) is 1. The van der Waals surface area contributed by atoms with Gasteiger partial charge in [0.05, 0.1) is 16.1 Å². The zero-order valence-electron chi connectivity index (χ0n) is 17.2. The van der Waals surface area contributed by atoms with Crippen molar-refractivity contribution in [3.63, 3.8) is 0 Å². The highest BCUT2D eigenvalue weighted by Gasteiger charge is 2.33. The van der Waals surface area contributed by atoms with Gasteiger partial charge in [0.15, 0.2) is 0 Å². The molecule has 0 saturated heterocycles. The maximum absolute atomic E-state index is 13.2. The first-order chi connectivity index (χ1) is 15.6. The highest BCUT2D eigenvalue weighted by atomic mass is 32.2. The minimum Gasteiger partial charge on any atom is -0.354 e. The van der Waals surface area contributed by atoms with Crippen LogP contribution >= 0.6 is 0 Å². The van der Waals surface area contributed by atoms with Gasteiger partial charge in [-0.25, -0.2) is 12.8 Å². The molecule has 0 aliphatic heterocycles. The number of benzene rings is 3. The van der Waals surface area contributed by atoms with Gasteiger partial charge in [-0.05, 0) is 54.4 Å². The Bertz CT molecular complexity index is 1200. The molecule has 174 valence electrons. The van der Waals surface area contributed by atoms with E-state index >= 15 is 0 Å². The SMILES string of the molecule is O=C(CN(c1cccc(C(F)(F)F)c1)S(=O)(=O)c1ccccc1)NCCc1ccc(F)cc1. The highest BCUT2D eigenvalue weighted by molar-refractivity contribution is 7.92. The van der Waals surface area contributed by atoms with Crippen LogP contribution in [-0.4, -0.2) is 27.4 Å². The number of nitrogens with zero attached hydrogens (tertiary/aromatic N) is 1. The molecule has 0 heterocycles. The fraction of sp³-hybridized carbons (Fsp3) is 0.174. The lowest BCUT2D eigenvalue weighted by molar-refractivity contribution is -0.137. The van der Waals surface area contributed by atoms with Crippen LogP contribution < -0.4 is 9.62 Å². The van der Waals surface area contributed by atoms with E-state index in [0.29, 0.717) is 16.8 Å². The first-order valence-corrected chi connectivity index (χ1v) is 11.3. The number of alkyl halides is 3. The van der Waals surface area contributed by atoms with Crippen molar-refractivity contribution in [2.75, 3.05) is 17.4 Å². The molecule has 0 aliphatic carbocycles. The summed E-state index contributed by atoms with van der Waals surface area (Å²) in [6.07, 6.45) is -4.32. The molecule has 1 N–H and O–H groups in total. The lowest BCUT2D eigenvalue weighted by Crippen LogP contribution is -2.41. The number of carbonyl (C=O) groups excluding carboxylic acids is 1. The van der Waals surface area contributed by atoms with E-state index in [1.54, 1.807) is 18.2 Å². The van der Waals surface area contributed by atoms with Crippen molar-refractivity contribution in [2.24, 2.45) is 0 Å². The smallest absolute Gasteiger partial charge is 0.354 e. The highest BCUT2D eigenvalue weighted by Crippen LogP contribution is 2.33. The zero-order chi connectivity index (χ0) is 24.1. The van der Waals surface area contributed by atoms with Crippen LogP contribution in [0.15, 0.2) is 83.8 Å². The van der Waals surface area contributed by atoms with Gasteiger partial charge < -0.3 is 5.32 Å². The average molecular weight is 480 g/mol. The van der Waals surface area contributed by atoms with Crippen LogP contribution in [-0.2, 0) is 27.4 Å². The van der Waals surface area contributed by atoms with Crippen molar-refractivity contribution in [1.29, 1.82) is 0 Å². The van der Waals surface area contributed by atoms with E-state index in [0.717, 1.165) is 17.7 Å². The second-order valence-electron chi connectivity index (χ2n) is 7.10. The van der Waals surface area contributed by atoms with E-state index in [4.69, 9.17) is 0 Å². The van der Waals surface area contributed by atoms with Crippen molar-refractivity contribution in [3.05, 3.63) is 95.8 Å². The molecule has 3 aromatic carbocycles. The van der Waals surface area contributed by atoms with Gasteiger partial charge in [0.1, 0.15) is 12.4 Å². The molecule has 0 spiro atoms. The normalized spacial score (nSPS) is 11.8. The topological polar surface area (TPSA) is 66.5 Å². The molecule has 5 nitrogen and oxygen atoms in total. The van der Waals surface area contributed by atoms with Gasteiger partial charge >= 0.3 is 6.18 Å². The molecule has 0 aliphatic rings. The third kappa shape index (κ3) is 6.32. The Morgan fingerprint density at radius 1 is 0.909 bits per heavy atom. The van der Waals surface area contributed by atoms with E-state index in [9.17, 15) is 30.8 Å². The average Bonchev–Trinajstić information content (AvgIpc) is 2.79. The van der Waals surface area contributed by atoms with E-state index < -0.39 is 40.0 Å². The van der Waals surface area contributed by atoms with E-state index in [-0.39, 0.29) is 17.1 Å². The second kappa shape index (κ2) is 10.0. The van der Waals surface area contributed by atoms with Crippen molar-refractivity contribution in [3.8, 4) is 0 Å². The van der Waals surface area contributed by atoms with Crippen LogP contribution in [0.3, 0.4) is 0 Å². The van der Waals surface area contributed by atoms with Crippen LogP contribution in [0.25, 0.3) is 0 Å². The summed E-state index contributed by atoms with van der Waals surface area (Å²) in [4.78, 5) is 12.4. The standard InChI is InChI=1S/C23H20F4N2O3S/c24-19-11-9-17(10-12-19)13-14-28-22(30)16-29(33(31,32)21-7-2-1-3-8-21)20-6-4-5-18(15-20)23(25,26)27/h1-12,15H,13-14,16H2,(H,28,30). The molecule has 0 bridgehead atoms. The van der Waals surface area contributed by atoms with Crippen molar-refractivity contribution in [2.45, 2.75) is 17.5 Å². The number of halogens is 4. The minimum atomic E-state index is -4.68. The summed E-state index contributed by atoms with van der Waals surface area (Å²) in [5, 5.41) is 2.55. The summed E-state index contributed by atoms with van der Waals surface area (Å²) >= 11 is 0. The van der Waals surface area contributed by atoms with E-state index in [2.05, 4.69) is 5.32 Å². The van der Waals surface area contributed by atoms with Crippen LogP contribution in [0.5, 0.6) is 0 Å². The molecule has 3 rings (SSSR count). The molecule has 0 unspecified atom stereocenters. The van der Waals surface area contributed by atoms with Crippen LogP contribution in [0.4, 0.5) is 23.2 Å². The minimum absolute atomic E-state index is 0.131. The first kappa shape index (κ1) is 24.2. The molecule has 1 amide bonds. The molecule has 3 aromatic rings. The number of amides is 1. The molecule has 0 atom stereocenters. The maximum atomic E-state index is 13.2. The van der Waals surface area contributed by atoms with Crippen LogP contribution in [0.1, 0.15) is 11.1 Å². The fourth-order valence-corrected chi connectivity index (χ4v) is 4.49. The summed E-state index contributed by atoms with van der Waals surface area (Å²) in [6, 6.07) is 16.6. The predicted octanol–water partition coefficient (Wildman–Crippen LogP) is 4.40. The Kier molecular flexibility index (Phi) is 7.37. The van der Waals surface area contributed by atoms with E-state index in [1.165, 1.54) is 42.5 Å². The Balaban J connectivity index is 1.83. The quantitative estimate of drug-likeness (QED) is 0.486. The Labute approximate surface area is 188 Å². The molecular weight excluding hydrogens is 460 g/mol. The third-order valence-electron chi connectivity index (χ3n) is 4.73. The summed E-state index contributed by atoms with van der Waals surface area (Å²) in [5.41, 5.74) is -0.573. The van der Waals surface area contributed by atoms with E-state index in [1.807, 2.05) is 0 Å². The van der Waals surface area contributed by atoms with Gasteiger partial charge in [-0.2, -0.15) is 13.2 Å². The number of sulfonamides is 1. The fourth-order valence-electron chi connectivity index (χ4n) is 3.06. The Hall–Kier alpha value is -3.40. The molecule has 0 radical (unpaired) electrons. The second-order valence-corrected chi connectivity index (χ2v) is 8.96. The Morgan fingerprint density at radius 2 is 1.58 bits per heavy atom. The summed E-state index contributed by atoms with van der Waals surface area (Å²) in [6.45, 7) is -0.589. The number of hydrogen-bond acceptors (Lipinski definition) is 3. The van der Waals surface area contributed by atoms with Crippen LogP contribution in [0.2, 0.25) is 0 Å². The molecular formula is C23H20F4N2O3S.